The normalized spacial score (nSPS) is 27.3. The number of aliphatic hydroxyl groups is 1. The average molecular weight is 270 g/mol. The molecule has 3 N–H and O–H groups in total. The van der Waals surface area contributed by atoms with E-state index in [9.17, 15) is 14.7 Å². The smallest absolute Gasteiger partial charge is 0.326 e. The lowest BCUT2D eigenvalue weighted by atomic mass is 9.82. The van der Waals surface area contributed by atoms with Crippen LogP contribution in [-0.2, 0) is 4.79 Å². The first-order valence-corrected chi connectivity index (χ1v) is 6.88. The largest absolute Gasteiger partial charge is 0.480 e. The van der Waals surface area contributed by atoms with Gasteiger partial charge in [0.15, 0.2) is 0 Å². The molecule has 0 unspecified atom stereocenters. The molecule has 2 aliphatic rings. The predicted octanol–water partition coefficient (Wildman–Crippen LogP) is 0.652. The van der Waals surface area contributed by atoms with Crippen molar-refractivity contribution in [2.24, 2.45) is 11.8 Å². The molecule has 0 aromatic rings. The zero-order valence-corrected chi connectivity index (χ0v) is 11.2. The Bertz CT molecular complexity index is 351. The first kappa shape index (κ1) is 14.1. The molecule has 0 aliphatic heterocycles. The van der Waals surface area contributed by atoms with Crippen LogP contribution in [0.15, 0.2) is 0 Å². The number of nitrogens with one attached hydrogen (secondary N) is 1. The van der Waals surface area contributed by atoms with Crippen molar-refractivity contribution in [3.05, 3.63) is 0 Å². The van der Waals surface area contributed by atoms with Crippen LogP contribution in [0.4, 0.5) is 4.79 Å². The van der Waals surface area contributed by atoms with Crippen LogP contribution in [0, 0.1) is 11.8 Å². The third kappa shape index (κ3) is 4.09. The highest BCUT2D eigenvalue weighted by molar-refractivity contribution is 5.82. The van der Waals surface area contributed by atoms with Gasteiger partial charge in [-0.3, -0.25) is 0 Å². The summed E-state index contributed by atoms with van der Waals surface area (Å²) in [5, 5.41) is 20.9. The second-order valence-corrected chi connectivity index (χ2v) is 5.89. The van der Waals surface area contributed by atoms with Crippen LogP contribution in [0.1, 0.15) is 32.1 Å². The van der Waals surface area contributed by atoms with Crippen LogP contribution < -0.4 is 5.32 Å². The Morgan fingerprint density at radius 2 is 1.95 bits per heavy atom. The maximum Gasteiger partial charge on any atom is 0.326 e. The highest BCUT2D eigenvalue weighted by Gasteiger charge is 2.32. The number of hydrogen-bond donors (Lipinski definition) is 3. The molecule has 0 radical (unpaired) electrons. The van der Waals surface area contributed by atoms with Crippen molar-refractivity contribution in [2.45, 2.75) is 44.2 Å². The van der Waals surface area contributed by atoms with Crippen LogP contribution in [-0.4, -0.2) is 52.9 Å². The van der Waals surface area contributed by atoms with Gasteiger partial charge in [-0.05, 0) is 31.1 Å². The maximum atomic E-state index is 11.9. The molecule has 19 heavy (non-hydrogen) atoms. The fourth-order valence-electron chi connectivity index (χ4n) is 2.49. The summed E-state index contributed by atoms with van der Waals surface area (Å²) in [6.45, 7) is 0.568. The monoisotopic (exact) mass is 270 g/mol. The number of hydrogen-bond acceptors (Lipinski definition) is 3. The Kier molecular flexibility index (Phi) is 4.29. The van der Waals surface area contributed by atoms with Gasteiger partial charge in [0.25, 0.3) is 0 Å². The zero-order valence-electron chi connectivity index (χ0n) is 11.2. The standard InChI is InChI=1S/C13H22N2O4/c1-15(7-9-4-10(16)5-9)13(19)14-11(12(17)18)6-8-2-3-8/h8-11,16H,2-7H2,1H3,(H,14,19)(H,17,18)/t9?,10?,11-/m0/s1. The number of nitrogens with zero attached hydrogens (tertiary/aromatic N) is 1. The van der Waals surface area contributed by atoms with Gasteiger partial charge in [0.1, 0.15) is 6.04 Å². The minimum absolute atomic E-state index is 0.233. The maximum absolute atomic E-state index is 11.9. The zero-order chi connectivity index (χ0) is 14.0. The Morgan fingerprint density at radius 1 is 1.32 bits per heavy atom. The number of carboxylic acid groups (broad SMARTS) is 1. The number of amides is 2. The molecule has 2 saturated carbocycles. The van der Waals surface area contributed by atoms with Crippen LogP contribution in [0.2, 0.25) is 0 Å². The van der Waals surface area contributed by atoms with E-state index in [1.807, 2.05) is 0 Å². The minimum atomic E-state index is -0.965. The lowest BCUT2D eigenvalue weighted by Gasteiger charge is -2.34. The van der Waals surface area contributed by atoms with Gasteiger partial charge >= 0.3 is 12.0 Å². The summed E-state index contributed by atoms with van der Waals surface area (Å²) < 4.78 is 0. The van der Waals surface area contributed by atoms with Crippen LogP contribution in [0.5, 0.6) is 0 Å². The Hall–Kier alpha value is -1.30. The van der Waals surface area contributed by atoms with Crippen molar-refractivity contribution >= 4 is 12.0 Å². The SMILES string of the molecule is CN(CC1CC(O)C1)C(=O)N[C@@H](CC1CC1)C(=O)O. The molecule has 2 aliphatic carbocycles. The molecule has 2 amide bonds. The molecule has 2 rings (SSSR count). The molecular formula is C13H22N2O4. The second kappa shape index (κ2) is 5.77. The predicted molar refractivity (Wildman–Crippen MR) is 68.7 cm³/mol. The van der Waals surface area contributed by atoms with E-state index in [1.165, 1.54) is 4.90 Å². The lowest BCUT2D eigenvalue weighted by molar-refractivity contribution is -0.139. The average Bonchev–Trinajstić information content (AvgIpc) is 3.09. The van der Waals surface area contributed by atoms with Gasteiger partial charge in [-0.15, -0.1) is 0 Å². The molecular weight excluding hydrogens is 248 g/mol. The van der Waals surface area contributed by atoms with Gasteiger partial charge in [0.2, 0.25) is 0 Å². The number of carbonyl (C=O) groups is 2. The number of carbonyl (C=O) groups excluding carboxylic acids is 1. The van der Waals surface area contributed by atoms with E-state index in [-0.39, 0.29) is 12.1 Å². The Labute approximate surface area is 112 Å². The molecule has 0 saturated heterocycles. The molecule has 108 valence electrons. The van der Waals surface area contributed by atoms with Gasteiger partial charge in [0.05, 0.1) is 6.10 Å². The van der Waals surface area contributed by atoms with E-state index in [0.29, 0.717) is 24.8 Å². The summed E-state index contributed by atoms with van der Waals surface area (Å²) in [7, 11) is 1.66. The topological polar surface area (TPSA) is 89.9 Å². The molecule has 0 aromatic heterocycles. The summed E-state index contributed by atoms with van der Waals surface area (Å²) >= 11 is 0. The summed E-state index contributed by atoms with van der Waals surface area (Å²) in [6, 6.07) is -1.12. The van der Waals surface area contributed by atoms with E-state index in [0.717, 1.165) is 25.7 Å². The highest BCUT2D eigenvalue weighted by Crippen LogP contribution is 2.33. The molecule has 0 aromatic carbocycles. The van der Waals surface area contributed by atoms with Gasteiger partial charge < -0.3 is 20.4 Å². The number of carboxylic acids is 1. The van der Waals surface area contributed by atoms with Gasteiger partial charge in [-0.2, -0.15) is 0 Å². The fraction of sp³-hybridized carbons (Fsp3) is 0.846. The van der Waals surface area contributed by atoms with Crippen LogP contribution in [0.25, 0.3) is 0 Å². The van der Waals surface area contributed by atoms with Gasteiger partial charge in [-0.1, -0.05) is 12.8 Å². The molecule has 0 spiro atoms. The quantitative estimate of drug-likeness (QED) is 0.661. The molecule has 2 fully saturated rings. The minimum Gasteiger partial charge on any atom is -0.480 e. The number of urea groups is 1. The molecule has 0 heterocycles. The summed E-state index contributed by atoms with van der Waals surface area (Å²) in [5.74, 6) is -0.182. The molecule has 0 bridgehead atoms. The number of rotatable bonds is 6. The Balaban J connectivity index is 1.75. The first-order chi connectivity index (χ1) is 8.95. The Morgan fingerprint density at radius 3 is 2.42 bits per heavy atom. The second-order valence-electron chi connectivity index (χ2n) is 5.89. The van der Waals surface area contributed by atoms with Crippen molar-refractivity contribution in [2.75, 3.05) is 13.6 Å². The van der Waals surface area contributed by atoms with E-state index in [2.05, 4.69) is 5.32 Å². The highest BCUT2D eigenvalue weighted by atomic mass is 16.4. The lowest BCUT2D eigenvalue weighted by Crippen LogP contribution is -2.49. The molecule has 6 heteroatoms. The number of aliphatic carboxylic acids is 1. The summed E-state index contributed by atoms with van der Waals surface area (Å²) in [6.07, 6.45) is 3.87. The van der Waals surface area contributed by atoms with Crippen molar-refractivity contribution in [3.8, 4) is 0 Å². The van der Waals surface area contributed by atoms with Crippen molar-refractivity contribution in [1.29, 1.82) is 0 Å². The van der Waals surface area contributed by atoms with E-state index >= 15 is 0 Å². The molecule has 1 atom stereocenters. The van der Waals surface area contributed by atoms with Gasteiger partial charge in [0, 0.05) is 13.6 Å². The fourth-order valence-corrected chi connectivity index (χ4v) is 2.49. The third-order valence-electron chi connectivity index (χ3n) is 3.95. The third-order valence-corrected chi connectivity index (χ3v) is 3.95. The van der Waals surface area contributed by atoms with Crippen molar-refractivity contribution < 1.29 is 19.8 Å². The molecule has 6 nitrogen and oxygen atoms in total. The van der Waals surface area contributed by atoms with Crippen molar-refractivity contribution in [3.63, 3.8) is 0 Å². The van der Waals surface area contributed by atoms with Crippen LogP contribution in [0.3, 0.4) is 0 Å². The van der Waals surface area contributed by atoms with Crippen LogP contribution >= 0.6 is 0 Å². The van der Waals surface area contributed by atoms with Gasteiger partial charge in [-0.25, -0.2) is 9.59 Å². The summed E-state index contributed by atoms with van der Waals surface area (Å²) in [5.41, 5.74) is 0. The number of aliphatic hydroxyl groups excluding tert-OH is 1. The van der Waals surface area contributed by atoms with Crippen molar-refractivity contribution in [1.82, 2.24) is 10.2 Å². The van der Waals surface area contributed by atoms with E-state index < -0.39 is 12.0 Å². The van der Waals surface area contributed by atoms with E-state index in [1.54, 1.807) is 7.05 Å². The summed E-state index contributed by atoms with van der Waals surface area (Å²) in [4.78, 5) is 24.5. The van der Waals surface area contributed by atoms with E-state index in [4.69, 9.17) is 5.11 Å². The first-order valence-electron chi connectivity index (χ1n) is 6.88.